The average molecular weight is 391 g/mol. The normalized spacial score (nSPS) is 10.9. The van der Waals surface area contributed by atoms with Gasteiger partial charge in [-0.15, -0.1) is 0 Å². The van der Waals surface area contributed by atoms with Crippen molar-refractivity contribution in [3.05, 3.63) is 77.1 Å². The molecule has 0 aliphatic carbocycles. The standard InChI is InChI=1S/C23H25N3O3/c1-15(2)22-20(14-24-26(22)19-11-4-16(3)5-12-19)23(29)25-18-9-6-17(7-10-18)8-13-21(27)28/h4-7,9-12,14-15H,8,13H2,1-3H3,(H,25,29)(H,27,28). The van der Waals surface area contributed by atoms with Gasteiger partial charge in [0.1, 0.15) is 0 Å². The molecule has 0 spiro atoms. The molecule has 0 unspecified atom stereocenters. The summed E-state index contributed by atoms with van der Waals surface area (Å²) in [6.45, 7) is 6.10. The van der Waals surface area contributed by atoms with E-state index in [-0.39, 0.29) is 18.2 Å². The zero-order valence-corrected chi connectivity index (χ0v) is 16.8. The van der Waals surface area contributed by atoms with Gasteiger partial charge in [0.2, 0.25) is 0 Å². The number of nitrogens with zero attached hydrogens (tertiary/aromatic N) is 2. The Bertz CT molecular complexity index is 1000. The topological polar surface area (TPSA) is 84.2 Å². The summed E-state index contributed by atoms with van der Waals surface area (Å²) in [6, 6.07) is 15.3. The van der Waals surface area contributed by atoms with Gasteiger partial charge in [0.15, 0.2) is 0 Å². The van der Waals surface area contributed by atoms with Crippen molar-refractivity contribution >= 4 is 17.6 Å². The van der Waals surface area contributed by atoms with E-state index >= 15 is 0 Å². The molecule has 2 aromatic carbocycles. The second kappa shape index (κ2) is 8.73. The average Bonchev–Trinajstić information content (AvgIpc) is 3.13. The van der Waals surface area contributed by atoms with E-state index in [2.05, 4.69) is 10.4 Å². The van der Waals surface area contributed by atoms with Gasteiger partial charge in [-0.2, -0.15) is 5.10 Å². The molecule has 6 nitrogen and oxygen atoms in total. The fourth-order valence-electron chi connectivity index (χ4n) is 3.18. The number of hydrogen-bond donors (Lipinski definition) is 2. The molecule has 3 aromatic rings. The number of aromatic nitrogens is 2. The van der Waals surface area contributed by atoms with E-state index in [9.17, 15) is 9.59 Å². The molecule has 0 aliphatic rings. The van der Waals surface area contributed by atoms with Crippen molar-refractivity contribution in [3.63, 3.8) is 0 Å². The summed E-state index contributed by atoms with van der Waals surface area (Å²) >= 11 is 0. The van der Waals surface area contributed by atoms with Crippen LogP contribution in [0.15, 0.2) is 54.7 Å². The minimum atomic E-state index is -0.825. The summed E-state index contributed by atoms with van der Waals surface area (Å²) in [7, 11) is 0. The van der Waals surface area contributed by atoms with Crippen molar-refractivity contribution in [3.8, 4) is 5.69 Å². The smallest absolute Gasteiger partial charge is 0.303 e. The first-order valence-corrected chi connectivity index (χ1v) is 9.62. The molecule has 6 heteroatoms. The highest BCUT2D eigenvalue weighted by atomic mass is 16.4. The number of benzene rings is 2. The minimum Gasteiger partial charge on any atom is -0.481 e. The van der Waals surface area contributed by atoms with Crippen LogP contribution in [0, 0.1) is 6.92 Å². The molecular formula is C23H25N3O3. The lowest BCUT2D eigenvalue weighted by atomic mass is 10.0. The Labute approximate surface area is 170 Å². The maximum Gasteiger partial charge on any atom is 0.303 e. The first-order valence-electron chi connectivity index (χ1n) is 9.62. The first-order chi connectivity index (χ1) is 13.8. The fourth-order valence-corrected chi connectivity index (χ4v) is 3.18. The third-order valence-electron chi connectivity index (χ3n) is 4.72. The number of carbonyl (C=O) groups is 2. The van der Waals surface area contributed by atoms with E-state index in [0.717, 1.165) is 22.5 Å². The Kier molecular flexibility index (Phi) is 6.12. The summed E-state index contributed by atoms with van der Waals surface area (Å²) in [5.41, 5.74) is 5.05. The Morgan fingerprint density at radius 2 is 1.72 bits per heavy atom. The minimum absolute atomic E-state index is 0.0850. The molecule has 0 bridgehead atoms. The Morgan fingerprint density at radius 1 is 1.07 bits per heavy atom. The van der Waals surface area contributed by atoms with Crippen molar-refractivity contribution in [2.75, 3.05) is 5.32 Å². The molecule has 0 atom stereocenters. The van der Waals surface area contributed by atoms with Crippen molar-refractivity contribution < 1.29 is 14.7 Å². The van der Waals surface area contributed by atoms with Crippen molar-refractivity contribution in [1.29, 1.82) is 0 Å². The van der Waals surface area contributed by atoms with Gasteiger partial charge in [0.25, 0.3) is 5.91 Å². The van der Waals surface area contributed by atoms with Gasteiger partial charge in [-0.3, -0.25) is 9.59 Å². The molecule has 3 rings (SSSR count). The Balaban J connectivity index is 1.80. The van der Waals surface area contributed by atoms with Gasteiger partial charge in [-0.05, 0) is 49.1 Å². The quantitative estimate of drug-likeness (QED) is 0.618. The lowest BCUT2D eigenvalue weighted by Crippen LogP contribution is -2.15. The van der Waals surface area contributed by atoms with Crippen LogP contribution >= 0.6 is 0 Å². The number of carboxylic acids is 1. The molecule has 0 aliphatic heterocycles. The van der Waals surface area contributed by atoms with Crippen LogP contribution in [-0.2, 0) is 11.2 Å². The van der Waals surface area contributed by atoms with E-state index in [1.54, 1.807) is 18.3 Å². The third-order valence-corrected chi connectivity index (χ3v) is 4.72. The van der Waals surface area contributed by atoms with Crippen LogP contribution in [-0.4, -0.2) is 26.8 Å². The molecule has 0 fully saturated rings. The van der Waals surface area contributed by atoms with Gasteiger partial charge in [0, 0.05) is 12.1 Å². The number of carboxylic acid groups (broad SMARTS) is 1. The SMILES string of the molecule is Cc1ccc(-n2ncc(C(=O)Nc3ccc(CCC(=O)O)cc3)c2C(C)C)cc1. The van der Waals surface area contributed by atoms with Crippen molar-refractivity contribution in [2.24, 2.45) is 0 Å². The van der Waals surface area contributed by atoms with Crippen LogP contribution in [0.5, 0.6) is 0 Å². The number of amides is 1. The molecule has 1 aromatic heterocycles. The van der Waals surface area contributed by atoms with Crippen molar-refractivity contribution in [2.45, 2.75) is 39.5 Å². The number of carbonyl (C=O) groups excluding carboxylic acids is 1. The maximum atomic E-state index is 12.9. The molecule has 0 saturated heterocycles. The summed E-state index contributed by atoms with van der Waals surface area (Å²) in [5.74, 6) is -0.933. The number of nitrogens with one attached hydrogen (secondary N) is 1. The number of hydrogen-bond acceptors (Lipinski definition) is 3. The largest absolute Gasteiger partial charge is 0.481 e. The summed E-state index contributed by atoms with van der Waals surface area (Å²) in [4.78, 5) is 23.6. The van der Waals surface area contributed by atoms with Crippen LogP contribution in [0.3, 0.4) is 0 Å². The van der Waals surface area contributed by atoms with Gasteiger partial charge >= 0.3 is 5.97 Å². The van der Waals surface area contributed by atoms with E-state index in [0.29, 0.717) is 17.7 Å². The molecule has 150 valence electrons. The van der Waals surface area contributed by atoms with Gasteiger partial charge < -0.3 is 10.4 Å². The first kappa shape index (κ1) is 20.3. The van der Waals surface area contributed by atoms with E-state index in [1.807, 2.05) is 61.9 Å². The summed E-state index contributed by atoms with van der Waals surface area (Å²) in [6.07, 6.45) is 2.15. The molecular weight excluding hydrogens is 366 g/mol. The highest BCUT2D eigenvalue weighted by molar-refractivity contribution is 6.05. The van der Waals surface area contributed by atoms with Crippen LogP contribution in [0.1, 0.15) is 53.4 Å². The predicted molar refractivity (Wildman–Crippen MR) is 113 cm³/mol. The third kappa shape index (κ3) is 4.90. The lowest BCUT2D eigenvalue weighted by Gasteiger charge is -2.13. The molecule has 29 heavy (non-hydrogen) atoms. The van der Waals surface area contributed by atoms with E-state index < -0.39 is 5.97 Å². The van der Waals surface area contributed by atoms with Gasteiger partial charge in [0.05, 0.1) is 23.1 Å². The zero-order chi connectivity index (χ0) is 21.0. The van der Waals surface area contributed by atoms with Crippen LogP contribution in [0.4, 0.5) is 5.69 Å². The second-order valence-electron chi connectivity index (χ2n) is 7.39. The Hall–Kier alpha value is -3.41. The molecule has 0 saturated carbocycles. The maximum absolute atomic E-state index is 12.9. The molecule has 1 heterocycles. The van der Waals surface area contributed by atoms with Crippen LogP contribution in [0.2, 0.25) is 0 Å². The summed E-state index contributed by atoms with van der Waals surface area (Å²) < 4.78 is 1.81. The highest BCUT2D eigenvalue weighted by Gasteiger charge is 2.21. The monoisotopic (exact) mass is 391 g/mol. The zero-order valence-electron chi connectivity index (χ0n) is 16.8. The molecule has 2 N–H and O–H groups in total. The van der Waals surface area contributed by atoms with Crippen LogP contribution < -0.4 is 5.32 Å². The fraction of sp³-hybridized carbons (Fsp3) is 0.261. The van der Waals surface area contributed by atoms with E-state index in [4.69, 9.17) is 5.11 Å². The Morgan fingerprint density at radius 3 is 2.31 bits per heavy atom. The van der Waals surface area contributed by atoms with E-state index in [1.165, 1.54) is 0 Å². The van der Waals surface area contributed by atoms with Crippen molar-refractivity contribution in [1.82, 2.24) is 9.78 Å². The number of anilines is 1. The highest BCUT2D eigenvalue weighted by Crippen LogP contribution is 2.24. The van der Waals surface area contributed by atoms with Gasteiger partial charge in [-0.1, -0.05) is 43.7 Å². The predicted octanol–water partition coefficient (Wildman–Crippen LogP) is 4.57. The van der Waals surface area contributed by atoms with Crippen LogP contribution in [0.25, 0.3) is 5.69 Å². The lowest BCUT2D eigenvalue weighted by molar-refractivity contribution is -0.136. The number of rotatable bonds is 7. The number of aliphatic carboxylic acids is 1. The summed E-state index contributed by atoms with van der Waals surface area (Å²) in [5, 5.41) is 16.1. The molecule has 1 amide bonds. The second-order valence-corrected chi connectivity index (χ2v) is 7.39. The van der Waals surface area contributed by atoms with Gasteiger partial charge in [-0.25, -0.2) is 4.68 Å². The number of aryl methyl sites for hydroxylation is 2. The molecule has 0 radical (unpaired) electrons.